The first-order chi connectivity index (χ1) is 14.5. The maximum Gasteiger partial charge on any atom is 0.321 e. The van der Waals surface area contributed by atoms with Crippen LogP contribution in [-0.4, -0.2) is 33.6 Å². The summed E-state index contributed by atoms with van der Waals surface area (Å²) in [5.41, 5.74) is 0.210. The van der Waals surface area contributed by atoms with Crippen LogP contribution in [0.15, 0.2) is 41.5 Å². The molecular weight excluding hydrogens is 389 g/mol. The molecule has 0 bridgehead atoms. The lowest BCUT2D eigenvalue weighted by molar-refractivity contribution is 0.222. The summed E-state index contributed by atoms with van der Waals surface area (Å²) in [5.74, 6) is -0.910. The van der Waals surface area contributed by atoms with Gasteiger partial charge in [-0.15, -0.1) is 0 Å². The van der Waals surface area contributed by atoms with Crippen molar-refractivity contribution in [3.8, 4) is 17.6 Å². The molecule has 0 saturated carbocycles. The van der Waals surface area contributed by atoms with E-state index in [0.717, 1.165) is 18.9 Å². The molecule has 1 aliphatic heterocycles. The van der Waals surface area contributed by atoms with Crippen molar-refractivity contribution in [1.29, 1.82) is 5.26 Å². The summed E-state index contributed by atoms with van der Waals surface area (Å²) >= 11 is 0. The van der Waals surface area contributed by atoms with E-state index in [-0.39, 0.29) is 34.3 Å². The standard InChI is InChI=1S/C21H18FN5O3/c1-26-12-24-17-6-4-13(10-14(17)20(26)28)30-19-15(11-23)18(7-5-16(19)22)25-21(29)27-8-2-3-9-27/h4-7,10,12H,2-3,8-9H2,1H3,(H,25,29). The molecular formula is C21H18FN5O3. The van der Waals surface area contributed by atoms with Gasteiger partial charge in [-0.25, -0.2) is 14.2 Å². The van der Waals surface area contributed by atoms with Crippen molar-refractivity contribution in [3.63, 3.8) is 0 Å². The third-order valence-electron chi connectivity index (χ3n) is 4.97. The molecule has 1 N–H and O–H groups in total. The molecule has 1 fully saturated rings. The summed E-state index contributed by atoms with van der Waals surface area (Å²) in [6.07, 6.45) is 3.25. The van der Waals surface area contributed by atoms with Gasteiger partial charge in [0.25, 0.3) is 5.56 Å². The van der Waals surface area contributed by atoms with Gasteiger partial charge in [0.1, 0.15) is 17.4 Å². The second-order valence-corrected chi connectivity index (χ2v) is 6.98. The number of rotatable bonds is 3. The minimum absolute atomic E-state index is 0.137. The molecule has 0 unspecified atom stereocenters. The smallest absolute Gasteiger partial charge is 0.321 e. The average Bonchev–Trinajstić information content (AvgIpc) is 3.29. The lowest BCUT2D eigenvalue weighted by atomic mass is 10.1. The molecule has 8 nitrogen and oxygen atoms in total. The fourth-order valence-electron chi connectivity index (χ4n) is 3.36. The summed E-state index contributed by atoms with van der Waals surface area (Å²) in [5, 5.41) is 12.6. The zero-order chi connectivity index (χ0) is 21.3. The van der Waals surface area contributed by atoms with Crippen molar-refractivity contribution < 1.29 is 13.9 Å². The Morgan fingerprint density at radius 2 is 2.03 bits per heavy atom. The molecule has 30 heavy (non-hydrogen) atoms. The number of likely N-dealkylation sites (tertiary alicyclic amines) is 1. The van der Waals surface area contributed by atoms with Crippen LogP contribution in [0.25, 0.3) is 10.9 Å². The van der Waals surface area contributed by atoms with E-state index in [2.05, 4.69) is 10.3 Å². The van der Waals surface area contributed by atoms with Gasteiger partial charge in [0, 0.05) is 20.1 Å². The third-order valence-corrected chi connectivity index (χ3v) is 4.97. The van der Waals surface area contributed by atoms with Crippen LogP contribution >= 0.6 is 0 Å². The zero-order valence-electron chi connectivity index (χ0n) is 16.2. The van der Waals surface area contributed by atoms with E-state index in [9.17, 15) is 19.2 Å². The Bertz CT molecular complexity index is 1240. The number of nitrogens with zero attached hydrogens (tertiary/aromatic N) is 4. The Kier molecular flexibility index (Phi) is 5.06. The molecule has 2 aromatic carbocycles. The molecule has 2 heterocycles. The minimum Gasteiger partial charge on any atom is -0.453 e. The van der Waals surface area contributed by atoms with E-state index in [4.69, 9.17) is 4.74 Å². The Labute approximate surface area is 171 Å². The number of carbonyl (C=O) groups excluding carboxylic acids is 1. The van der Waals surface area contributed by atoms with Crippen LogP contribution in [0.1, 0.15) is 18.4 Å². The van der Waals surface area contributed by atoms with E-state index in [1.165, 1.54) is 29.1 Å². The number of aryl methyl sites for hydroxylation is 1. The van der Waals surface area contributed by atoms with Crippen molar-refractivity contribution in [3.05, 3.63) is 58.4 Å². The number of aromatic nitrogens is 2. The Morgan fingerprint density at radius 3 is 2.77 bits per heavy atom. The molecule has 0 radical (unpaired) electrons. The van der Waals surface area contributed by atoms with Crippen LogP contribution in [0.2, 0.25) is 0 Å². The largest absolute Gasteiger partial charge is 0.453 e. The SMILES string of the molecule is Cn1cnc2ccc(Oc3c(F)ccc(NC(=O)N4CCCC4)c3C#N)cc2c1=O. The number of amides is 2. The van der Waals surface area contributed by atoms with Gasteiger partial charge in [0.05, 0.1) is 22.9 Å². The fraction of sp³-hybridized carbons (Fsp3) is 0.238. The predicted octanol–water partition coefficient (Wildman–Crippen LogP) is 3.36. The number of nitriles is 1. The summed E-state index contributed by atoms with van der Waals surface area (Å²) in [6.45, 7) is 1.27. The number of carbonyl (C=O) groups is 1. The van der Waals surface area contributed by atoms with E-state index in [1.807, 2.05) is 6.07 Å². The van der Waals surface area contributed by atoms with Crippen LogP contribution in [0.5, 0.6) is 11.5 Å². The van der Waals surface area contributed by atoms with Crippen molar-refractivity contribution in [1.82, 2.24) is 14.5 Å². The second kappa shape index (κ2) is 7.83. The van der Waals surface area contributed by atoms with Gasteiger partial charge >= 0.3 is 6.03 Å². The van der Waals surface area contributed by atoms with Crippen molar-refractivity contribution >= 4 is 22.6 Å². The maximum absolute atomic E-state index is 14.5. The lowest BCUT2D eigenvalue weighted by Gasteiger charge is -2.18. The topological polar surface area (TPSA) is 100 Å². The molecule has 9 heteroatoms. The number of halogens is 1. The van der Waals surface area contributed by atoms with Gasteiger partial charge in [-0.05, 0) is 43.2 Å². The number of anilines is 1. The van der Waals surface area contributed by atoms with Gasteiger partial charge < -0.3 is 19.5 Å². The molecule has 1 saturated heterocycles. The highest BCUT2D eigenvalue weighted by Crippen LogP contribution is 2.34. The number of urea groups is 1. The van der Waals surface area contributed by atoms with Crippen molar-refractivity contribution in [2.24, 2.45) is 7.05 Å². The highest BCUT2D eigenvalue weighted by Gasteiger charge is 2.22. The number of ether oxygens (including phenoxy) is 1. The van der Waals surface area contributed by atoms with E-state index in [0.29, 0.717) is 24.0 Å². The molecule has 1 aliphatic rings. The van der Waals surface area contributed by atoms with Crippen LogP contribution in [0.3, 0.4) is 0 Å². The van der Waals surface area contributed by atoms with Crippen molar-refractivity contribution in [2.75, 3.05) is 18.4 Å². The Balaban J connectivity index is 1.69. The molecule has 3 aromatic rings. The number of nitrogens with one attached hydrogen (secondary N) is 1. The van der Waals surface area contributed by atoms with Gasteiger partial charge in [0.15, 0.2) is 11.6 Å². The van der Waals surface area contributed by atoms with Crippen LogP contribution < -0.4 is 15.6 Å². The van der Waals surface area contributed by atoms with E-state index < -0.39 is 5.82 Å². The summed E-state index contributed by atoms with van der Waals surface area (Å²) in [6, 6.07) is 8.56. The normalized spacial score (nSPS) is 13.3. The predicted molar refractivity (Wildman–Crippen MR) is 108 cm³/mol. The molecule has 4 rings (SSSR count). The van der Waals surface area contributed by atoms with E-state index >= 15 is 0 Å². The van der Waals surface area contributed by atoms with Gasteiger partial charge in [-0.2, -0.15) is 5.26 Å². The first-order valence-corrected chi connectivity index (χ1v) is 9.39. The number of benzene rings is 2. The first kappa shape index (κ1) is 19.4. The first-order valence-electron chi connectivity index (χ1n) is 9.39. The molecule has 0 aliphatic carbocycles. The molecule has 152 valence electrons. The number of fused-ring (bicyclic) bond motifs is 1. The molecule has 2 amide bonds. The third kappa shape index (κ3) is 3.55. The second-order valence-electron chi connectivity index (χ2n) is 6.98. The van der Waals surface area contributed by atoms with E-state index in [1.54, 1.807) is 18.0 Å². The fourth-order valence-corrected chi connectivity index (χ4v) is 3.36. The van der Waals surface area contributed by atoms with Gasteiger partial charge in [-0.3, -0.25) is 4.79 Å². The maximum atomic E-state index is 14.5. The Hall–Kier alpha value is -3.93. The quantitative estimate of drug-likeness (QED) is 0.718. The zero-order valence-corrected chi connectivity index (χ0v) is 16.2. The van der Waals surface area contributed by atoms with Gasteiger partial charge in [0.2, 0.25) is 0 Å². The van der Waals surface area contributed by atoms with Crippen LogP contribution in [0, 0.1) is 17.1 Å². The van der Waals surface area contributed by atoms with Crippen molar-refractivity contribution in [2.45, 2.75) is 12.8 Å². The van der Waals surface area contributed by atoms with Crippen LogP contribution in [-0.2, 0) is 7.05 Å². The molecule has 0 spiro atoms. The number of hydrogen-bond donors (Lipinski definition) is 1. The molecule has 0 atom stereocenters. The van der Waals surface area contributed by atoms with Gasteiger partial charge in [-0.1, -0.05) is 0 Å². The average molecular weight is 407 g/mol. The highest BCUT2D eigenvalue weighted by molar-refractivity contribution is 5.91. The monoisotopic (exact) mass is 407 g/mol. The van der Waals surface area contributed by atoms with Crippen LogP contribution in [0.4, 0.5) is 14.9 Å². The molecule has 1 aromatic heterocycles. The summed E-state index contributed by atoms with van der Waals surface area (Å²) < 4.78 is 21.5. The summed E-state index contributed by atoms with van der Waals surface area (Å²) in [4.78, 5) is 30.5. The minimum atomic E-state index is -0.759. The highest BCUT2D eigenvalue weighted by atomic mass is 19.1. The summed E-state index contributed by atoms with van der Waals surface area (Å²) in [7, 11) is 1.57. The Morgan fingerprint density at radius 1 is 1.27 bits per heavy atom. The lowest BCUT2D eigenvalue weighted by Crippen LogP contribution is -2.32. The number of hydrogen-bond acceptors (Lipinski definition) is 5.